The van der Waals surface area contributed by atoms with Gasteiger partial charge in [0.25, 0.3) is 0 Å². The van der Waals surface area contributed by atoms with Crippen LogP contribution in [0.3, 0.4) is 0 Å². The van der Waals surface area contributed by atoms with Crippen LogP contribution < -0.4 is 11.1 Å². The van der Waals surface area contributed by atoms with E-state index in [0.717, 1.165) is 11.8 Å². The Labute approximate surface area is 110 Å². The van der Waals surface area contributed by atoms with Gasteiger partial charge in [-0.05, 0) is 37.2 Å². The number of benzene rings is 1. The summed E-state index contributed by atoms with van der Waals surface area (Å²) in [6.45, 7) is 1.13. The second-order valence-electron chi connectivity index (χ2n) is 4.31. The molecule has 2 aromatic rings. The minimum absolute atomic E-state index is 0.0811. The van der Waals surface area contributed by atoms with Crippen LogP contribution in [0.5, 0.6) is 0 Å². The van der Waals surface area contributed by atoms with Crippen molar-refractivity contribution in [3.05, 3.63) is 41.8 Å². The molecular formula is C14H16FN3O. The molecular weight excluding hydrogens is 245 g/mol. The number of carbonyl (C=O) groups excluding carboxylic acids is 1. The Hall–Kier alpha value is -2.01. The molecule has 1 aromatic carbocycles. The summed E-state index contributed by atoms with van der Waals surface area (Å²) in [4.78, 5) is 16.0. The van der Waals surface area contributed by atoms with Gasteiger partial charge in [-0.15, -0.1) is 0 Å². The Bertz CT molecular complexity index is 586. The zero-order valence-electron chi connectivity index (χ0n) is 10.5. The molecule has 3 N–H and O–H groups in total. The van der Waals surface area contributed by atoms with E-state index in [1.54, 1.807) is 18.2 Å². The summed E-state index contributed by atoms with van der Waals surface area (Å²) in [5.41, 5.74) is 6.71. The average molecular weight is 261 g/mol. The van der Waals surface area contributed by atoms with E-state index in [1.807, 2.05) is 0 Å². The van der Waals surface area contributed by atoms with Gasteiger partial charge in [0.15, 0.2) is 0 Å². The number of amides is 1. The van der Waals surface area contributed by atoms with Crippen molar-refractivity contribution in [2.75, 3.05) is 13.1 Å². The fraction of sp³-hybridized carbons (Fsp3) is 0.286. The predicted octanol–water partition coefficient (Wildman–Crippen LogP) is 1.38. The first-order valence-electron chi connectivity index (χ1n) is 6.21. The van der Waals surface area contributed by atoms with E-state index in [2.05, 4.69) is 10.3 Å². The highest BCUT2D eigenvalue weighted by Gasteiger charge is 2.05. The van der Waals surface area contributed by atoms with Gasteiger partial charge in [0.2, 0.25) is 5.91 Å². The molecule has 0 aliphatic heterocycles. The highest BCUT2D eigenvalue weighted by Crippen LogP contribution is 2.14. The first kappa shape index (κ1) is 13.4. The molecule has 1 amide bonds. The maximum absolute atomic E-state index is 13.0. The van der Waals surface area contributed by atoms with Crippen molar-refractivity contribution in [2.45, 2.75) is 12.8 Å². The van der Waals surface area contributed by atoms with Crippen LogP contribution >= 0.6 is 0 Å². The maximum Gasteiger partial charge on any atom is 0.226 e. The van der Waals surface area contributed by atoms with Crippen molar-refractivity contribution in [1.29, 1.82) is 0 Å². The van der Waals surface area contributed by atoms with E-state index in [-0.39, 0.29) is 18.1 Å². The van der Waals surface area contributed by atoms with Gasteiger partial charge in [-0.25, -0.2) is 4.39 Å². The smallest absolute Gasteiger partial charge is 0.226 e. The van der Waals surface area contributed by atoms with Gasteiger partial charge in [-0.1, -0.05) is 6.07 Å². The van der Waals surface area contributed by atoms with Gasteiger partial charge in [0, 0.05) is 11.9 Å². The van der Waals surface area contributed by atoms with E-state index in [9.17, 15) is 9.18 Å². The van der Waals surface area contributed by atoms with E-state index in [0.29, 0.717) is 24.3 Å². The molecule has 0 bridgehead atoms. The lowest BCUT2D eigenvalue weighted by Crippen LogP contribution is -2.27. The number of nitrogens with one attached hydrogen (secondary N) is 1. The van der Waals surface area contributed by atoms with Crippen LogP contribution in [0.1, 0.15) is 12.1 Å². The van der Waals surface area contributed by atoms with E-state index in [4.69, 9.17) is 5.73 Å². The van der Waals surface area contributed by atoms with Crippen molar-refractivity contribution < 1.29 is 9.18 Å². The highest BCUT2D eigenvalue weighted by atomic mass is 19.1. The molecule has 0 saturated heterocycles. The van der Waals surface area contributed by atoms with Gasteiger partial charge in [0.05, 0.1) is 17.6 Å². The lowest BCUT2D eigenvalue weighted by atomic mass is 10.1. The molecule has 100 valence electrons. The molecule has 1 aromatic heterocycles. The van der Waals surface area contributed by atoms with Crippen LogP contribution in [-0.2, 0) is 11.2 Å². The summed E-state index contributed by atoms with van der Waals surface area (Å²) in [6.07, 6.45) is 0.980. The second-order valence-corrected chi connectivity index (χ2v) is 4.31. The first-order chi connectivity index (χ1) is 9.19. The predicted molar refractivity (Wildman–Crippen MR) is 72.1 cm³/mol. The molecule has 19 heavy (non-hydrogen) atoms. The lowest BCUT2D eigenvalue weighted by Gasteiger charge is -2.05. The summed E-state index contributed by atoms with van der Waals surface area (Å²) >= 11 is 0. The SMILES string of the molecule is NCCCNC(=O)Cc1ccc2cc(F)ccc2n1. The second kappa shape index (κ2) is 6.24. The molecule has 5 heteroatoms. The van der Waals surface area contributed by atoms with Crippen LogP contribution in [0.2, 0.25) is 0 Å². The van der Waals surface area contributed by atoms with Crippen LogP contribution in [0.15, 0.2) is 30.3 Å². The third-order valence-electron chi connectivity index (χ3n) is 2.75. The quantitative estimate of drug-likeness (QED) is 0.799. The van der Waals surface area contributed by atoms with Crippen LogP contribution in [0, 0.1) is 5.82 Å². The zero-order chi connectivity index (χ0) is 13.7. The maximum atomic E-state index is 13.0. The number of rotatable bonds is 5. The van der Waals surface area contributed by atoms with Gasteiger partial charge in [0.1, 0.15) is 5.82 Å². The fourth-order valence-electron chi connectivity index (χ4n) is 1.79. The molecule has 0 aliphatic carbocycles. The van der Waals surface area contributed by atoms with Crippen molar-refractivity contribution in [3.63, 3.8) is 0 Å². The van der Waals surface area contributed by atoms with Crippen molar-refractivity contribution in [3.8, 4) is 0 Å². The Balaban J connectivity index is 2.05. The number of nitrogens with zero attached hydrogens (tertiary/aromatic N) is 1. The van der Waals surface area contributed by atoms with Gasteiger partial charge >= 0.3 is 0 Å². The van der Waals surface area contributed by atoms with Crippen LogP contribution in [0.4, 0.5) is 4.39 Å². The summed E-state index contributed by atoms with van der Waals surface area (Å²) in [5.74, 6) is -0.371. The summed E-state index contributed by atoms with van der Waals surface area (Å²) in [5, 5.41) is 3.50. The number of pyridine rings is 1. The molecule has 0 saturated carbocycles. The van der Waals surface area contributed by atoms with Crippen molar-refractivity contribution in [1.82, 2.24) is 10.3 Å². The minimum atomic E-state index is -0.290. The largest absolute Gasteiger partial charge is 0.356 e. The van der Waals surface area contributed by atoms with Crippen molar-refractivity contribution >= 4 is 16.8 Å². The Kier molecular flexibility index (Phi) is 4.41. The Morgan fingerprint density at radius 3 is 2.95 bits per heavy atom. The fourth-order valence-corrected chi connectivity index (χ4v) is 1.79. The lowest BCUT2D eigenvalue weighted by molar-refractivity contribution is -0.120. The van der Waals surface area contributed by atoms with Crippen LogP contribution in [-0.4, -0.2) is 24.0 Å². The number of carbonyl (C=O) groups is 1. The topological polar surface area (TPSA) is 68.0 Å². The molecule has 0 unspecified atom stereocenters. The molecule has 0 fully saturated rings. The number of nitrogens with two attached hydrogens (primary N) is 1. The number of hydrogen-bond donors (Lipinski definition) is 2. The van der Waals surface area contributed by atoms with Crippen LogP contribution in [0.25, 0.3) is 10.9 Å². The molecule has 2 rings (SSSR count). The zero-order valence-corrected chi connectivity index (χ0v) is 10.5. The molecule has 0 radical (unpaired) electrons. The molecule has 1 heterocycles. The van der Waals surface area contributed by atoms with E-state index >= 15 is 0 Å². The first-order valence-corrected chi connectivity index (χ1v) is 6.21. The number of aromatic nitrogens is 1. The number of hydrogen-bond acceptors (Lipinski definition) is 3. The normalized spacial score (nSPS) is 10.6. The highest BCUT2D eigenvalue weighted by molar-refractivity contribution is 5.81. The summed E-state index contributed by atoms with van der Waals surface area (Å²) in [7, 11) is 0. The molecule has 4 nitrogen and oxygen atoms in total. The van der Waals surface area contributed by atoms with Crippen molar-refractivity contribution in [2.24, 2.45) is 5.73 Å². The molecule has 0 spiro atoms. The standard InChI is InChI=1S/C14H16FN3O/c15-11-3-5-13-10(8-11)2-4-12(18-13)9-14(19)17-7-1-6-16/h2-5,8H,1,6-7,9,16H2,(H,17,19). The summed E-state index contributed by atoms with van der Waals surface area (Å²) in [6, 6.07) is 7.91. The monoisotopic (exact) mass is 261 g/mol. The third-order valence-corrected chi connectivity index (χ3v) is 2.75. The molecule has 0 aliphatic rings. The van der Waals surface area contributed by atoms with E-state index < -0.39 is 0 Å². The average Bonchev–Trinajstić information content (AvgIpc) is 2.39. The van der Waals surface area contributed by atoms with Gasteiger partial charge in [-0.2, -0.15) is 0 Å². The Morgan fingerprint density at radius 2 is 2.16 bits per heavy atom. The number of fused-ring (bicyclic) bond motifs is 1. The minimum Gasteiger partial charge on any atom is -0.356 e. The van der Waals surface area contributed by atoms with Gasteiger partial charge < -0.3 is 11.1 Å². The van der Waals surface area contributed by atoms with Gasteiger partial charge in [-0.3, -0.25) is 9.78 Å². The molecule has 0 atom stereocenters. The van der Waals surface area contributed by atoms with E-state index in [1.165, 1.54) is 12.1 Å². The number of halogens is 1. The third kappa shape index (κ3) is 3.72. The Morgan fingerprint density at radius 1 is 1.32 bits per heavy atom. The summed E-state index contributed by atoms with van der Waals surface area (Å²) < 4.78 is 13.0.